The zero-order valence-corrected chi connectivity index (χ0v) is 12.0. The van der Waals surface area contributed by atoms with Gasteiger partial charge in [-0.1, -0.05) is 18.5 Å². The van der Waals surface area contributed by atoms with Gasteiger partial charge in [0.15, 0.2) is 5.96 Å². The van der Waals surface area contributed by atoms with Crippen molar-refractivity contribution >= 4 is 29.9 Å². The van der Waals surface area contributed by atoms with E-state index in [1.807, 2.05) is 13.0 Å². The summed E-state index contributed by atoms with van der Waals surface area (Å²) in [6.07, 6.45) is 2.24. The van der Waals surface area contributed by atoms with Crippen LogP contribution in [0.4, 0.5) is 0 Å². The van der Waals surface area contributed by atoms with Crippen molar-refractivity contribution in [1.82, 2.24) is 10.5 Å². The minimum Gasteiger partial charge on any atom is -0.370 e. The van der Waals surface area contributed by atoms with Crippen molar-refractivity contribution in [2.24, 2.45) is 10.7 Å². The molecule has 0 saturated heterocycles. The van der Waals surface area contributed by atoms with Crippen molar-refractivity contribution in [3.05, 3.63) is 17.5 Å². The fourth-order valence-corrected chi connectivity index (χ4v) is 1.11. The summed E-state index contributed by atoms with van der Waals surface area (Å²) in [6.45, 7) is 5.31. The molecule has 0 aliphatic rings. The van der Waals surface area contributed by atoms with E-state index >= 15 is 0 Å². The second-order valence-electron chi connectivity index (χ2n) is 3.41. The number of unbranched alkanes of at least 4 members (excludes halogenated alkanes) is 1. The number of aliphatic imine (C=N–C) groups is 1. The summed E-state index contributed by atoms with van der Waals surface area (Å²) in [5, 5.41) is 6.85. The Morgan fingerprint density at radius 3 is 2.94 bits per heavy atom. The zero-order valence-electron chi connectivity index (χ0n) is 9.69. The molecule has 0 bridgehead atoms. The van der Waals surface area contributed by atoms with Crippen LogP contribution >= 0.6 is 24.0 Å². The minimum absolute atomic E-state index is 0. The predicted octanol–water partition coefficient (Wildman–Crippen LogP) is 1.81. The van der Waals surface area contributed by atoms with Crippen molar-refractivity contribution in [3.63, 3.8) is 0 Å². The molecule has 0 amide bonds. The average Bonchev–Trinajstić information content (AvgIpc) is 2.62. The molecule has 92 valence electrons. The van der Waals surface area contributed by atoms with Gasteiger partial charge in [-0.3, -0.25) is 0 Å². The number of guanidine groups is 1. The smallest absolute Gasteiger partial charge is 0.188 e. The number of hydrogen-bond acceptors (Lipinski definition) is 3. The first kappa shape index (κ1) is 15.2. The Morgan fingerprint density at radius 2 is 2.38 bits per heavy atom. The van der Waals surface area contributed by atoms with Crippen LogP contribution in [0.15, 0.2) is 15.6 Å². The molecular formula is C10H19IN4O. The Bertz CT molecular complexity index is 324. The van der Waals surface area contributed by atoms with Crippen molar-refractivity contribution in [1.29, 1.82) is 0 Å². The van der Waals surface area contributed by atoms with Gasteiger partial charge in [0.25, 0.3) is 0 Å². The largest absolute Gasteiger partial charge is 0.370 e. The lowest BCUT2D eigenvalue weighted by Crippen LogP contribution is -2.32. The Kier molecular flexibility index (Phi) is 7.96. The molecule has 0 fully saturated rings. The quantitative estimate of drug-likeness (QED) is 0.372. The highest BCUT2D eigenvalue weighted by Crippen LogP contribution is 2.02. The molecule has 16 heavy (non-hydrogen) atoms. The molecule has 0 saturated carbocycles. The summed E-state index contributed by atoms with van der Waals surface area (Å²) >= 11 is 0. The van der Waals surface area contributed by atoms with Crippen LogP contribution in [0.1, 0.15) is 31.2 Å². The van der Waals surface area contributed by atoms with Gasteiger partial charge in [0.2, 0.25) is 0 Å². The number of nitrogens with one attached hydrogen (secondary N) is 1. The van der Waals surface area contributed by atoms with E-state index in [1.54, 1.807) is 0 Å². The van der Waals surface area contributed by atoms with Gasteiger partial charge in [-0.2, -0.15) is 0 Å². The van der Waals surface area contributed by atoms with Crippen LogP contribution in [0.5, 0.6) is 0 Å². The number of halogens is 1. The van der Waals surface area contributed by atoms with E-state index in [-0.39, 0.29) is 24.0 Å². The molecule has 5 nitrogen and oxygen atoms in total. The Morgan fingerprint density at radius 1 is 1.62 bits per heavy atom. The fraction of sp³-hybridized carbons (Fsp3) is 0.600. The van der Waals surface area contributed by atoms with Gasteiger partial charge in [0, 0.05) is 12.6 Å². The number of hydrogen-bond donors (Lipinski definition) is 2. The highest BCUT2D eigenvalue weighted by molar-refractivity contribution is 14.0. The van der Waals surface area contributed by atoms with Gasteiger partial charge in [-0.05, 0) is 13.3 Å². The SMILES string of the molecule is CCCCNC(N)=NCc1cc(C)on1.I. The summed E-state index contributed by atoms with van der Waals surface area (Å²) in [5.41, 5.74) is 6.45. The third kappa shape index (κ3) is 5.94. The van der Waals surface area contributed by atoms with E-state index in [4.69, 9.17) is 10.3 Å². The number of rotatable bonds is 5. The molecule has 0 spiro atoms. The summed E-state index contributed by atoms with van der Waals surface area (Å²) in [4.78, 5) is 4.14. The lowest BCUT2D eigenvalue weighted by molar-refractivity contribution is 0.391. The second kappa shape index (κ2) is 8.37. The molecule has 0 aliphatic carbocycles. The Hall–Kier alpha value is -0.790. The molecule has 0 radical (unpaired) electrons. The van der Waals surface area contributed by atoms with Crippen LogP contribution in [-0.2, 0) is 6.54 Å². The van der Waals surface area contributed by atoms with Crippen LogP contribution in [-0.4, -0.2) is 17.7 Å². The molecule has 1 aromatic heterocycles. The van der Waals surface area contributed by atoms with E-state index in [1.165, 1.54) is 0 Å². The molecule has 3 N–H and O–H groups in total. The van der Waals surface area contributed by atoms with Gasteiger partial charge in [0.1, 0.15) is 11.5 Å². The van der Waals surface area contributed by atoms with E-state index in [2.05, 4.69) is 22.4 Å². The molecule has 0 atom stereocenters. The highest BCUT2D eigenvalue weighted by Gasteiger charge is 1.98. The van der Waals surface area contributed by atoms with Crippen LogP contribution in [0, 0.1) is 6.92 Å². The molecule has 1 aromatic rings. The van der Waals surface area contributed by atoms with Crippen molar-refractivity contribution in [3.8, 4) is 0 Å². The maximum atomic E-state index is 5.65. The molecular weight excluding hydrogens is 319 g/mol. The van der Waals surface area contributed by atoms with Crippen molar-refractivity contribution < 1.29 is 4.52 Å². The number of nitrogens with zero attached hydrogens (tertiary/aromatic N) is 2. The lowest BCUT2D eigenvalue weighted by Gasteiger charge is -2.02. The van der Waals surface area contributed by atoms with Crippen LogP contribution in [0.3, 0.4) is 0 Å². The molecule has 0 aromatic carbocycles. The standard InChI is InChI=1S/C10H18N4O.HI/c1-3-4-5-12-10(11)13-7-9-6-8(2)15-14-9;/h6H,3-5,7H2,1-2H3,(H3,11,12,13);1H. The van der Waals surface area contributed by atoms with Crippen molar-refractivity contribution in [2.75, 3.05) is 6.54 Å². The molecule has 0 unspecified atom stereocenters. The first-order valence-corrected chi connectivity index (χ1v) is 5.18. The van der Waals surface area contributed by atoms with Gasteiger partial charge in [-0.25, -0.2) is 4.99 Å². The topological polar surface area (TPSA) is 76.4 Å². The summed E-state index contributed by atoms with van der Waals surface area (Å²) < 4.78 is 4.91. The maximum Gasteiger partial charge on any atom is 0.188 e. The predicted molar refractivity (Wildman–Crippen MR) is 74.9 cm³/mol. The maximum absolute atomic E-state index is 5.65. The summed E-state index contributed by atoms with van der Waals surface area (Å²) in [6, 6.07) is 1.85. The first-order valence-electron chi connectivity index (χ1n) is 5.18. The summed E-state index contributed by atoms with van der Waals surface area (Å²) in [7, 11) is 0. The lowest BCUT2D eigenvalue weighted by atomic mass is 10.3. The normalized spacial score (nSPS) is 11.0. The number of aryl methyl sites for hydroxylation is 1. The van der Waals surface area contributed by atoms with E-state index < -0.39 is 0 Å². The van der Waals surface area contributed by atoms with Crippen molar-refractivity contribution in [2.45, 2.75) is 33.2 Å². The average molecular weight is 338 g/mol. The molecule has 1 heterocycles. The summed E-state index contributed by atoms with van der Waals surface area (Å²) in [5.74, 6) is 1.25. The van der Waals surface area contributed by atoms with Crippen LogP contribution in [0.2, 0.25) is 0 Å². The number of aromatic nitrogens is 1. The van der Waals surface area contributed by atoms with E-state index in [9.17, 15) is 0 Å². The van der Waals surface area contributed by atoms with Gasteiger partial charge in [0.05, 0.1) is 6.54 Å². The third-order valence-corrected chi connectivity index (χ3v) is 1.92. The fourth-order valence-electron chi connectivity index (χ4n) is 1.11. The second-order valence-corrected chi connectivity index (χ2v) is 3.41. The zero-order chi connectivity index (χ0) is 11.1. The Labute approximate surface area is 113 Å². The van der Waals surface area contributed by atoms with E-state index in [0.29, 0.717) is 12.5 Å². The minimum atomic E-state index is 0. The third-order valence-electron chi connectivity index (χ3n) is 1.92. The van der Waals surface area contributed by atoms with E-state index in [0.717, 1.165) is 30.8 Å². The molecule has 6 heteroatoms. The first-order chi connectivity index (χ1) is 7.22. The van der Waals surface area contributed by atoms with Gasteiger partial charge < -0.3 is 15.6 Å². The molecule has 0 aliphatic heterocycles. The van der Waals surface area contributed by atoms with Gasteiger partial charge in [-0.15, -0.1) is 24.0 Å². The van der Waals surface area contributed by atoms with Gasteiger partial charge >= 0.3 is 0 Å². The monoisotopic (exact) mass is 338 g/mol. The Balaban J connectivity index is 0.00000225. The highest BCUT2D eigenvalue weighted by atomic mass is 127. The van der Waals surface area contributed by atoms with Crippen LogP contribution in [0.25, 0.3) is 0 Å². The molecule has 1 rings (SSSR count). The number of nitrogens with two attached hydrogens (primary N) is 1. The van der Waals surface area contributed by atoms with Crippen LogP contribution < -0.4 is 11.1 Å².